The minimum atomic E-state index is -0.221. The quantitative estimate of drug-likeness (QED) is 0.494. The van der Waals surface area contributed by atoms with Crippen LogP contribution < -0.4 is 4.90 Å². The smallest absolute Gasteiger partial charge is 0.128 e. The summed E-state index contributed by atoms with van der Waals surface area (Å²) in [6, 6.07) is 17.9. The van der Waals surface area contributed by atoms with Gasteiger partial charge in [0.25, 0.3) is 0 Å². The molecule has 0 saturated carbocycles. The predicted molar refractivity (Wildman–Crippen MR) is 126 cm³/mol. The van der Waals surface area contributed by atoms with E-state index in [1.807, 2.05) is 48.8 Å². The molecule has 3 aromatic heterocycles. The number of pyridine rings is 2. The number of aromatic nitrogens is 3. The van der Waals surface area contributed by atoms with E-state index in [0.29, 0.717) is 11.1 Å². The highest BCUT2D eigenvalue weighted by Gasteiger charge is 2.19. The number of piperidine rings is 1. The van der Waals surface area contributed by atoms with Crippen LogP contribution in [0.1, 0.15) is 24.0 Å². The van der Waals surface area contributed by atoms with Crippen molar-refractivity contribution in [2.24, 2.45) is 0 Å². The Bertz CT molecular complexity index is 1390. The van der Waals surface area contributed by atoms with E-state index in [2.05, 4.69) is 27.1 Å². The lowest BCUT2D eigenvalue weighted by atomic mass is 10.1. The number of hydrogen-bond acceptors (Lipinski definition) is 7. The van der Waals surface area contributed by atoms with Crippen LogP contribution in [0.3, 0.4) is 0 Å². The number of aliphatic hydroxyl groups is 1. The molecule has 1 aromatic carbocycles. The van der Waals surface area contributed by atoms with Crippen molar-refractivity contribution >= 4 is 23.1 Å². The number of fused-ring (bicyclic) bond motifs is 1. The Balaban J connectivity index is 1.53. The molecule has 4 aromatic rings. The number of nitrogens with zero attached hydrogens (tertiary/aromatic N) is 6. The third-order valence-electron chi connectivity index (χ3n) is 5.79. The largest absolute Gasteiger partial charge is 0.393 e. The second-order valence-corrected chi connectivity index (χ2v) is 8.97. The van der Waals surface area contributed by atoms with Gasteiger partial charge in [-0.25, -0.2) is 9.50 Å². The fourth-order valence-electron chi connectivity index (χ4n) is 4.01. The number of benzene rings is 1. The lowest BCUT2D eigenvalue weighted by molar-refractivity contribution is 0.145. The highest BCUT2D eigenvalue weighted by molar-refractivity contribution is 7.99. The van der Waals surface area contributed by atoms with E-state index in [-0.39, 0.29) is 6.10 Å². The summed E-state index contributed by atoms with van der Waals surface area (Å²) in [6.07, 6.45) is 6.59. The number of anilines is 1. The van der Waals surface area contributed by atoms with E-state index in [1.54, 1.807) is 16.8 Å². The van der Waals surface area contributed by atoms with Gasteiger partial charge in [-0.3, -0.25) is 0 Å². The van der Waals surface area contributed by atoms with Gasteiger partial charge in [0.2, 0.25) is 0 Å². The zero-order chi connectivity index (χ0) is 22.8. The van der Waals surface area contributed by atoms with E-state index >= 15 is 0 Å². The molecule has 33 heavy (non-hydrogen) atoms. The van der Waals surface area contributed by atoms with E-state index in [1.165, 1.54) is 11.8 Å². The van der Waals surface area contributed by atoms with Crippen LogP contribution in [0.2, 0.25) is 0 Å². The maximum absolute atomic E-state index is 9.74. The molecule has 0 amide bonds. The molecule has 0 bridgehead atoms. The van der Waals surface area contributed by atoms with E-state index in [0.717, 1.165) is 58.2 Å². The van der Waals surface area contributed by atoms with Crippen LogP contribution in [-0.4, -0.2) is 38.9 Å². The Morgan fingerprint density at radius 1 is 0.939 bits per heavy atom. The number of hydrogen-bond donors (Lipinski definition) is 1. The minimum Gasteiger partial charge on any atom is -0.393 e. The Labute approximate surface area is 195 Å². The molecule has 1 N–H and O–H groups in total. The highest BCUT2D eigenvalue weighted by atomic mass is 32.2. The van der Waals surface area contributed by atoms with Gasteiger partial charge in [0.15, 0.2) is 0 Å². The summed E-state index contributed by atoms with van der Waals surface area (Å²) in [5, 5.41) is 33.2. The maximum Gasteiger partial charge on any atom is 0.128 e. The van der Waals surface area contributed by atoms with Crippen molar-refractivity contribution in [3.63, 3.8) is 0 Å². The van der Waals surface area contributed by atoms with Gasteiger partial charge in [-0.2, -0.15) is 15.6 Å². The third-order valence-corrected chi connectivity index (χ3v) is 6.90. The van der Waals surface area contributed by atoms with Gasteiger partial charge in [0.05, 0.1) is 28.9 Å². The first-order chi connectivity index (χ1) is 16.2. The molecule has 0 radical (unpaired) electrons. The van der Waals surface area contributed by atoms with Crippen LogP contribution >= 0.6 is 11.8 Å². The molecule has 1 aliphatic heterocycles. The third kappa shape index (κ3) is 4.14. The summed E-state index contributed by atoms with van der Waals surface area (Å²) in [4.78, 5) is 8.52. The first-order valence-electron chi connectivity index (χ1n) is 10.6. The van der Waals surface area contributed by atoms with Gasteiger partial charge in [-0.05, 0) is 43.2 Å². The van der Waals surface area contributed by atoms with E-state index < -0.39 is 0 Å². The maximum atomic E-state index is 9.74. The van der Waals surface area contributed by atoms with E-state index in [4.69, 9.17) is 0 Å². The Hall–Kier alpha value is -3.85. The number of nitriles is 2. The molecule has 0 aliphatic carbocycles. The highest BCUT2D eigenvalue weighted by Crippen LogP contribution is 2.37. The molecule has 0 unspecified atom stereocenters. The number of aliphatic hydroxyl groups excluding tert-OH is 1. The van der Waals surface area contributed by atoms with Crippen molar-refractivity contribution in [2.45, 2.75) is 28.7 Å². The Kier molecular flexibility index (Phi) is 5.70. The summed E-state index contributed by atoms with van der Waals surface area (Å²) in [6.45, 7) is 1.59. The fraction of sp³-hybridized carbons (Fsp3) is 0.200. The molecule has 1 saturated heterocycles. The molecular weight excluding hydrogens is 432 g/mol. The molecular formula is C25H20N6OS. The SMILES string of the molecule is N#Cc1ccccc1Sc1cc(-c2ccc(N3CCC(O)CC3)nc2)cn2ncc(C#N)c12. The van der Waals surface area contributed by atoms with Gasteiger partial charge in [-0.1, -0.05) is 23.9 Å². The Morgan fingerprint density at radius 3 is 2.45 bits per heavy atom. The second-order valence-electron chi connectivity index (χ2n) is 7.89. The monoisotopic (exact) mass is 452 g/mol. The lowest BCUT2D eigenvalue weighted by Gasteiger charge is -2.30. The molecule has 162 valence electrons. The summed E-state index contributed by atoms with van der Waals surface area (Å²) >= 11 is 1.45. The normalized spacial score (nSPS) is 14.2. The van der Waals surface area contributed by atoms with Crippen LogP contribution in [0, 0.1) is 22.7 Å². The zero-order valence-corrected chi connectivity index (χ0v) is 18.5. The minimum absolute atomic E-state index is 0.221. The first-order valence-corrected chi connectivity index (χ1v) is 11.5. The molecule has 5 rings (SSSR count). The zero-order valence-electron chi connectivity index (χ0n) is 17.7. The summed E-state index contributed by atoms with van der Waals surface area (Å²) in [7, 11) is 0. The predicted octanol–water partition coefficient (Wildman–Crippen LogP) is 4.25. The molecule has 0 spiro atoms. The fourth-order valence-corrected chi connectivity index (χ4v) is 5.10. The molecule has 1 fully saturated rings. The van der Waals surface area contributed by atoms with Crippen LogP contribution in [-0.2, 0) is 0 Å². The van der Waals surface area contributed by atoms with Crippen molar-refractivity contribution in [1.29, 1.82) is 10.5 Å². The summed E-state index contributed by atoms with van der Waals surface area (Å²) in [5.41, 5.74) is 3.64. The van der Waals surface area contributed by atoms with Crippen molar-refractivity contribution < 1.29 is 5.11 Å². The molecule has 7 nitrogen and oxygen atoms in total. The lowest BCUT2D eigenvalue weighted by Crippen LogP contribution is -2.36. The van der Waals surface area contributed by atoms with Crippen molar-refractivity contribution in [3.05, 3.63) is 72.2 Å². The average Bonchev–Trinajstić information content (AvgIpc) is 3.28. The van der Waals surface area contributed by atoms with Gasteiger partial charge < -0.3 is 10.0 Å². The number of rotatable bonds is 4. The molecule has 0 atom stereocenters. The van der Waals surface area contributed by atoms with Crippen molar-refractivity contribution in [2.75, 3.05) is 18.0 Å². The first kappa shape index (κ1) is 21.0. The van der Waals surface area contributed by atoms with Gasteiger partial charge in [0.1, 0.15) is 18.0 Å². The van der Waals surface area contributed by atoms with Crippen LogP contribution in [0.15, 0.2) is 70.8 Å². The molecule has 1 aliphatic rings. The molecule has 8 heteroatoms. The van der Waals surface area contributed by atoms with Gasteiger partial charge in [-0.15, -0.1) is 0 Å². The van der Waals surface area contributed by atoms with Gasteiger partial charge >= 0.3 is 0 Å². The second kappa shape index (κ2) is 8.95. The van der Waals surface area contributed by atoms with Crippen molar-refractivity contribution in [3.8, 4) is 23.3 Å². The Morgan fingerprint density at radius 2 is 1.73 bits per heavy atom. The van der Waals surface area contributed by atoms with Crippen molar-refractivity contribution in [1.82, 2.24) is 14.6 Å². The van der Waals surface area contributed by atoms with Crippen LogP contribution in [0.4, 0.5) is 5.82 Å². The standard InChI is InChI=1S/C25H20N6OS/c26-12-17-3-1-2-4-22(17)33-23-11-19(16-31-25(23)20(13-27)15-29-31)18-5-6-24(28-14-18)30-9-7-21(32)8-10-30/h1-6,11,14-16,21,32H,7-10H2. The van der Waals surface area contributed by atoms with E-state index in [9.17, 15) is 15.6 Å². The van der Waals surface area contributed by atoms with Crippen LogP contribution in [0.5, 0.6) is 0 Å². The van der Waals surface area contributed by atoms with Gasteiger partial charge in [0, 0.05) is 46.4 Å². The summed E-state index contributed by atoms with van der Waals surface area (Å²) < 4.78 is 1.71. The summed E-state index contributed by atoms with van der Waals surface area (Å²) in [5.74, 6) is 0.898. The van der Waals surface area contributed by atoms with Crippen LogP contribution in [0.25, 0.3) is 16.6 Å². The molecule has 4 heterocycles. The topological polar surface area (TPSA) is 101 Å². The average molecular weight is 453 g/mol.